The Bertz CT molecular complexity index is 972. The van der Waals surface area contributed by atoms with Gasteiger partial charge in [-0.05, 0) is 35.7 Å². The molecule has 0 saturated carbocycles. The van der Waals surface area contributed by atoms with E-state index in [2.05, 4.69) is 49.8 Å². The third kappa shape index (κ3) is 4.06. The molecule has 1 aliphatic heterocycles. The average Bonchev–Trinajstić information content (AvgIpc) is 2.67. The van der Waals surface area contributed by atoms with Crippen LogP contribution in [0.2, 0.25) is 0 Å². The van der Waals surface area contributed by atoms with Gasteiger partial charge < -0.3 is 15.5 Å². The quantitative estimate of drug-likeness (QED) is 0.743. The van der Waals surface area contributed by atoms with Gasteiger partial charge in [-0.2, -0.15) is 0 Å². The summed E-state index contributed by atoms with van der Waals surface area (Å²) >= 11 is 0. The third-order valence-corrected chi connectivity index (χ3v) is 4.56. The van der Waals surface area contributed by atoms with E-state index in [0.29, 0.717) is 0 Å². The van der Waals surface area contributed by atoms with E-state index in [1.807, 2.05) is 30.3 Å². The maximum Gasteiger partial charge on any atom is 0.221 e. The maximum atomic E-state index is 11.2. The number of nitrogens with one attached hydrogen (secondary N) is 2. The molecule has 27 heavy (non-hydrogen) atoms. The molecule has 2 aromatic carbocycles. The number of fused-ring (bicyclic) bond motifs is 1. The number of hydrogen-bond acceptors (Lipinski definition) is 5. The number of benzene rings is 2. The van der Waals surface area contributed by atoms with E-state index in [1.165, 1.54) is 18.1 Å². The molecule has 0 bridgehead atoms. The van der Waals surface area contributed by atoms with Crippen LogP contribution < -0.4 is 15.5 Å². The van der Waals surface area contributed by atoms with Crippen LogP contribution in [-0.4, -0.2) is 22.4 Å². The summed E-state index contributed by atoms with van der Waals surface area (Å²) in [6.45, 7) is 3.28. The summed E-state index contributed by atoms with van der Waals surface area (Å²) in [4.78, 5) is 22.3. The smallest absolute Gasteiger partial charge is 0.221 e. The number of anilines is 4. The summed E-state index contributed by atoms with van der Waals surface area (Å²) in [7, 11) is 0. The first-order valence-electron chi connectivity index (χ1n) is 8.96. The van der Waals surface area contributed by atoms with E-state index in [-0.39, 0.29) is 5.91 Å². The number of carbonyl (C=O) groups excluding carboxylic acids is 1. The van der Waals surface area contributed by atoms with Gasteiger partial charge >= 0.3 is 0 Å². The van der Waals surface area contributed by atoms with Crippen molar-refractivity contribution < 1.29 is 4.79 Å². The second-order valence-corrected chi connectivity index (χ2v) is 6.59. The summed E-state index contributed by atoms with van der Waals surface area (Å²) in [5, 5.41) is 6.07. The summed E-state index contributed by atoms with van der Waals surface area (Å²) in [6, 6.07) is 18.1. The van der Waals surface area contributed by atoms with E-state index in [0.717, 1.165) is 42.5 Å². The van der Waals surface area contributed by atoms with Gasteiger partial charge in [0.05, 0.1) is 0 Å². The molecule has 136 valence electrons. The van der Waals surface area contributed by atoms with Crippen molar-refractivity contribution in [2.45, 2.75) is 19.9 Å². The average molecular weight is 359 g/mol. The van der Waals surface area contributed by atoms with Crippen LogP contribution in [0.4, 0.5) is 23.0 Å². The lowest BCUT2D eigenvalue weighted by atomic mass is 10.00. The van der Waals surface area contributed by atoms with E-state index < -0.39 is 0 Å². The zero-order valence-electron chi connectivity index (χ0n) is 15.1. The highest BCUT2D eigenvalue weighted by molar-refractivity contribution is 5.89. The SMILES string of the molecule is CC(=O)Nc1cccc(Nc2cc(N3CCc4ccccc4C3)ncn2)c1. The minimum absolute atomic E-state index is 0.0955. The number of carbonyl (C=O) groups is 1. The molecule has 6 heteroatoms. The minimum Gasteiger partial charge on any atom is -0.352 e. The van der Waals surface area contributed by atoms with E-state index in [4.69, 9.17) is 0 Å². The molecule has 1 aliphatic rings. The fraction of sp³-hybridized carbons (Fsp3) is 0.190. The van der Waals surface area contributed by atoms with E-state index >= 15 is 0 Å². The van der Waals surface area contributed by atoms with Crippen molar-refractivity contribution in [1.29, 1.82) is 0 Å². The lowest BCUT2D eigenvalue weighted by Gasteiger charge is -2.29. The van der Waals surface area contributed by atoms with Gasteiger partial charge in [-0.15, -0.1) is 0 Å². The van der Waals surface area contributed by atoms with Crippen LogP contribution in [0, 0.1) is 0 Å². The van der Waals surface area contributed by atoms with Crippen LogP contribution in [0.25, 0.3) is 0 Å². The zero-order valence-corrected chi connectivity index (χ0v) is 15.1. The summed E-state index contributed by atoms with van der Waals surface area (Å²) in [5.41, 5.74) is 4.36. The standard InChI is InChI=1S/C21H21N5O/c1-15(27)24-18-7-4-8-19(11-18)25-20-12-21(23-14-22-20)26-10-9-16-5-2-3-6-17(16)13-26/h2-8,11-12,14H,9-10,13H2,1H3,(H,24,27)(H,22,23,25). The molecule has 2 N–H and O–H groups in total. The molecule has 1 aromatic heterocycles. The molecular weight excluding hydrogens is 338 g/mol. The largest absolute Gasteiger partial charge is 0.352 e. The van der Waals surface area contributed by atoms with Gasteiger partial charge in [-0.3, -0.25) is 4.79 Å². The van der Waals surface area contributed by atoms with Crippen LogP contribution in [0.1, 0.15) is 18.1 Å². The topological polar surface area (TPSA) is 70.2 Å². The number of aromatic nitrogens is 2. The van der Waals surface area contributed by atoms with Crippen LogP contribution in [0.15, 0.2) is 60.9 Å². The molecule has 0 fully saturated rings. The Morgan fingerprint density at radius 2 is 1.81 bits per heavy atom. The van der Waals surface area contributed by atoms with Crippen molar-refractivity contribution in [2.75, 3.05) is 22.1 Å². The van der Waals surface area contributed by atoms with Crippen LogP contribution in [0.3, 0.4) is 0 Å². The predicted octanol–water partition coefficient (Wildman–Crippen LogP) is 3.74. The highest BCUT2D eigenvalue weighted by atomic mass is 16.1. The van der Waals surface area contributed by atoms with Gasteiger partial charge in [0.25, 0.3) is 0 Å². The molecule has 0 aliphatic carbocycles. The number of amides is 1. The lowest BCUT2D eigenvalue weighted by molar-refractivity contribution is -0.114. The molecule has 6 nitrogen and oxygen atoms in total. The number of hydrogen-bond donors (Lipinski definition) is 2. The van der Waals surface area contributed by atoms with Gasteiger partial charge in [0, 0.05) is 37.5 Å². The van der Waals surface area contributed by atoms with Crippen molar-refractivity contribution >= 4 is 28.9 Å². The van der Waals surface area contributed by atoms with Gasteiger partial charge in [0.15, 0.2) is 0 Å². The third-order valence-electron chi connectivity index (χ3n) is 4.56. The highest BCUT2D eigenvalue weighted by Crippen LogP contribution is 2.25. The second kappa shape index (κ2) is 7.45. The van der Waals surface area contributed by atoms with Crippen molar-refractivity contribution in [3.05, 3.63) is 72.1 Å². The highest BCUT2D eigenvalue weighted by Gasteiger charge is 2.17. The zero-order chi connectivity index (χ0) is 18.6. The molecule has 0 radical (unpaired) electrons. The van der Waals surface area contributed by atoms with Crippen molar-refractivity contribution in [3.63, 3.8) is 0 Å². The summed E-state index contributed by atoms with van der Waals surface area (Å²) in [5.74, 6) is 1.53. The van der Waals surface area contributed by atoms with Crippen molar-refractivity contribution in [2.24, 2.45) is 0 Å². The fourth-order valence-corrected chi connectivity index (χ4v) is 3.31. The molecule has 0 spiro atoms. The Labute approximate surface area is 158 Å². The molecule has 1 amide bonds. The van der Waals surface area contributed by atoms with Gasteiger partial charge in [-0.25, -0.2) is 9.97 Å². The Morgan fingerprint density at radius 1 is 1.00 bits per heavy atom. The van der Waals surface area contributed by atoms with Gasteiger partial charge in [0.2, 0.25) is 5.91 Å². The molecule has 4 rings (SSSR count). The monoisotopic (exact) mass is 359 g/mol. The molecular formula is C21H21N5O. The molecule has 3 aromatic rings. The summed E-state index contributed by atoms with van der Waals surface area (Å²) in [6.07, 6.45) is 2.59. The molecule has 0 atom stereocenters. The number of rotatable bonds is 4. The Morgan fingerprint density at radius 3 is 2.67 bits per heavy atom. The minimum atomic E-state index is -0.0955. The predicted molar refractivity (Wildman–Crippen MR) is 107 cm³/mol. The van der Waals surface area contributed by atoms with Gasteiger partial charge in [-0.1, -0.05) is 30.3 Å². The Balaban J connectivity index is 1.51. The van der Waals surface area contributed by atoms with Crippen LogP contribution in [0.5, 0.6) is 0 Å². The van der Waals surface area contributed by atoms with Gasteiger partial charge in [0.1, 0.15) is 18.0 Å². The van der Waals surface area contributed by atoms with Crippen molar-refractivity contribution in [1.82, 2.24) is 9.97 Å². The Kier molecular flexibility index (Phi) is 4.70. The maximum absolute atomic E-state index is 11.2. The fourth-order valence-electron chi connectivity index (χ4n) is 3.31. The van der Waals surface area contributed by atoms with Crippen LogP contribution in [-0.2, 0) is 17.8 Å². The first-order chi connectivity index (χ1) is 13.2. The lowest BCUT2D eigenvalue weighted by Crippen LogP contribution is -2.31. The normalized spacial score (nSPS) is 13.0. The summed E-state index contributed by atoms with van der Waals surface area (Å²) < 4.78 is 0. The van der Waals surface area contributed by atoms with Crippen molar-refractivity contribution in [3.8, 4) is 0 Å². The molecule has 2 heterocycles. The van der Waals surface area contributed by atoms with Crippen LogP contribution >= 0.6 is 0 Å². The second-order valence-electron chi connectivity index (χ2n) is 6.59. The molecule has 0 saturated heterocycles. The first kappa shape index (κ1) is 17.0. The molecule has 0 unspecified atom stereocenters. The van der Waals surface area contributed by atoms with E-state index in [9.17, 15) is 4.79 Å². The Hall–Kier alpha value is -3.41. The first-order valence-corrected chi connectivity index (χ1v) is 8.96. The van der Waals surface area contributed by atoms with E-state index in [1.54, 1.807) is 6.33 Å². The number of nitrogens with zero attached hydrogens (tertiary/aromatic N) is 3.